The summed E-state index contributed by atoms with van der Waals surface area (Å²) in [4.78, 5) is 26.4. The maximum atomic E-state index is 12.8. The Balaban J connectivity index is 1.28. The van der Waals surface area contributed by atoms with Crippen LogP contribution in [0.5, 0.6) is 5.75 Å². The number of carbonyl (C=O) groups excluding carboxylic acids is 1. The predicted molar refractivity (Wildman–Crippen MR) is 121 cm³/mol. The average Bonchev–Trinajstić information content (AvgIpc) is 3.07. The van der Waals surface area contributed by atoms with Crippen LogP contribution in [0.1, 0.15) is 23.3 Å². The maximum absolute atomic E-state index is 12.8. The number of esters is 1. The Morgan fingerprint density at radius 3 is 2.63 bits per heavy atom. The predicted octanol–water partition coefficient (Wildman–Crippen LogP) is 5.28. The van der Waals surface area contributed by atoms with Crippen molar-refractivity contribution >= 4 is 44.1 Å². The van der Waals surface area contributed by atoms with Crippen LogP contribution < -0.4 is 9.64 Å². The second kappa shape index (κ2) is 7.69. The minimum atomic E-state index is -0.139. The first-order valence-electron chi connectivity index (χ1n) is 10.3. The highest BCUT2D eigenvalue weighted by Crippen LogP contribution is 2.35. The molecule has 2 aromatic heterocycles. The van der Waals surface area contributed by atoms with E-state index in [0.717, 1.165) is 52.7 Å². The SMILES string of the molecule is Cc1sc2ncnc(N3CCC(C(=O)Oc4ccc5ccccc5c4)CC3)c2c1C. The van der Waals surface area contributed by atoms with E-state index < -0.39 is 0 Å². The van der Waals surface area contributed by atoms with Crippen LogP contribution in [0, 0.1) is 19.8 Å². The summed E-state index contributed by atoms with van der Waals surface area (Å²) in [7, 11) is 0. The summed E-state index contributed by atoms with van der Waals surface area (Å²) in [6.45, 7) is 5.84. The van der Waals surface area contributed by atoms with Gasteiger partial charge in [0, 0.05) is 18.0 Å². The number of aromatic nitrogens is 2. The summed E-state index contributed by atoms with van der Waals surface area (Å²) in [5.74, 6) is 1.38. The van der Waals surface area contributed by atoms with Crippen LogP contribution in [0.15, 0.2) is 48.8 Å². The topological polar surface area (TPSA) is 55.3 Å². The molecule has 1 fully saturated rings. The lowest BCUT2D eigenvalue weighted by Crippen LogP contribution is -2.38. The number of aryl methyl sites for hydroxylation is 2. The summed E-state index contributed by atoms with van der Waals surface area (Å²) >= 11 is 1.71. The Bertz CT molecular complexity index is 1240. The molecular weight excluding hydrogens is 394 g/mol. The van der Waals surface area contributed by atoms with Crippen LogP contribution in [0.25, 0.3) is 21.0 Å². The Hall–Kier alpha value is -2.99. The molecule has 3 heterocycles. The molecule has 5 nitrogen and oxygen atoms in total. The van der Waals surface area contributed by atoms with E-state index >= 15 is 0 Å². The zero-order valence-electron chi connectivity index (χ0n) is 17.1. The molecule has 1 saturated heterocycles. The molecule has 0 aliphatic carbocycles. The van der Waals surface area contributed by atoms with Gasteiger partial charge in [-0.1, -0.05) is 30.3 Å². The normalized spacial score (nSPS) is 15.1. The van der Waals surface area contributed by atoms with Crippen LogP contribution in [-0.2, 0) is 4.79 Å². The number of carbonyl (C=O) groups is 1. The molecule has 0 N–H and O–H groups in total. The lowest BCUT2D eigenvalue weighted by atomic mass is 9.96. The molecular formula is C24H23N3O2S. The van der Waals surface area contributed by atoms with Crippen molar-refractivity contribution in [3.05, 3.63) is 59.2 Å². The smallest absolute Gasteiger partial charge is 0.314 e. The van der Waals surface area contributed by atoms with E-state index in [0.29, 0.717) is 5.75 Å². The van der Waals surface area contributed by atoms with E-state index in [1.165, 1.54) is 10.4 Å². The third-order valence-corrected chi connectivity index (χ3v) is 7.13. The fraction of sp³-hybridized carbons (Fsp3) is 0.292. The van der Waals surface area contributed by atoms with E-state index in [1.807, 2.05) is 36.4 Å². The van der Waals surface area contributed by atoms with Gasteiger partial charge in [0.05, 0.1) is 11.3 Å². The van der Waals surface area contributed by atoms with Crippen molar-refractivity contribution in [2.24, 2.45) is 5.92 Å². The standard InChI is InChI=1S/C24H23N3O2S/c1-15-16(2)30-23-21(15)22(25-14-26-23)27-11-9-18(10-12-27)24(28)29-20-8-7-17-5-3-4-6-19(17)13-20/h3-8,13-14,18H,9-12H2,1-2H3. The van der Waals surface area contributed by atoms with E-state index in [1.54, 1.807) is 17.7 Å². The molecule has 0 atom stereocenters. The third kappa shape index (κ3) is 3.41. The van der Waals surface area contributed by atoms with Gasteiger partial charge in [0.25, 0.3) is 0 Å². The largest absolute Gasteiger partial charge is 0.426 e. The number of fused-ring (bicyclic) bond motifs is 2. The lowest BCUT2D eigenvalue weighted by molar-refractivity contribution is -0.139. The van der Waals surface area contributed by atoms with Crippen LogP contribution in [-0.4, -0.2) is 29.0 Å². The van der Waals surface area contributed by atoms with Crippen molar-refractivity contribution in [1.82, 2.24) is 9.97 Å². The first-order chi connectivity index (χ1) is 14.6. The summed E-state index contributed by atoms with van der Waals surface area (Å²) < 4.78 is 5.71. The molecule has 0 saturated carbocycles. The van der Waals surface area contributed by atoms with Crippen LogP contribution >= 0.6 is 11.3 Å². The molecule has 5 rings (SSSR count). The number of anilines is 1. The fourth-order valence-corrected chi connectivity index (χ4v) is 5.15. The molecule has 1 aliphatic rings. The number of benzene rings is 2. The zero-order chi connectivity index (χ0) is 20.7. The zero-order valence-corrected chi connectivity index (χ0v) is 17.9. The van der Waals surface area contributed by atoms with Gasteiger partial charge >= 0.3 is 5.97 Å². The van der Waals surface area contributed by atoms with Gasteiger partial charge in [-0.15, -0.1) is 11.3 Å². The highest BCUT2D eigenvalue weighted by Gasteiger charge is 2.28. The summed E-state index contributed by atoms with van der Waals surface area (Å²) in [5.41, 5.74) is 1.25. The van der Waals surface area contributed by atoms with Crippen LogP contribution in [0.2, 0.25) is 0 Å². The van der Waals surface area contributed by atoms with Crippen molar-refractivity contribution in [2.75, 3.05) is 18.0 Å². The quantitative estimate of drug-likeness (QED) is 0.335. The first kappa shape index (κ1) is 19.0. The summed E-state index contributed by atoms with van der Waals surface area (Å²) in [6, 6.07) is 13.9. The molecule has 4 aromatic rings. The van der Waals surface area contributed by atoms with Gasteiger partial charge in [0.1, 0.15) is 22.7 Å². The average molecular weight is 418 g/mol. The highest BCUT2D eigenvalue weighted by atomic mass is 32.1. The number of piperidine rings is 1. The van der Waals surface area contributed by atoms with Gasteiger partial charge in [-0.3, -0.25) is 4.79 Å². The summed E-state index contributed by atoms with van der Waals surface area (Å²) in [5, 5.41) is 3.37. The van der Waals surface area contributed by atoms with Gasteiger partial charge in [-0.25, -0.2) is 9.97 Å². The monoisotopic (exact) mass is 417 g/mol. The number of hydrogen-bond acceptors (Lipinski definition) is 6. The molecule has 0 radical (unpaired) electrons. The molecule has 1 aliphatic heterocycles. The third-order valence-electron chi connectivity index (χ3n) is 6.01. The second-order valence-corrected chi connectivity index (χ2v) is 9.06. The number of rotatable bonds is 3. The van der Waals surface area contributed by atoms with Crippen molar-refractivity contribution in [2.45, 2.75) is 26.7 Å². The number of hydrogen-bond donors (Lipinski definition) is 0. The number of nitrogens with zero attached hydrogens (tertiary/aromatic N) is 3. The van der Waals surface area contributed by atoms with E-state index in [9.17, 15) is 4.79 Å². The second-order valence-electron chi connectivity index (χ2n) is 7.85. The number of thiophene rings is 1. The van der Waals surface area contributed by atoms with Crippen LogP contribution in [0.3, 0.4) is 0 Å². The maximum Gasteiger partial charge on any atom is 0.314 e. The molecule has 0 amide bonds. The molecule has 0 spiro atoms. The Kier molecular flexibility index (Phi) is 4.87. The minimum Gasteiger partial charge on any atom is -0.426 e. The van der Waals surface area contributed by atoms with E-state index in [4.69, 9.17) is 4.74 Å². The van der Waals surface area contributed by atoms with Gasteiger partial charge in [0.15, 0.2) is 0 Å². The lowest BCUT2D eigenvalue weighted by Gasteiger charge is -2.32. The molecule has 2 aromatic carbocycles. The first-order valence-corrected chi connectivity index (χ1v) is 11.1. The molecule has 152 valence electrons. The summed E-state index contributed by atoms with van der Waals surface area (Å²) in [6.07, 6.45) is 3.17. The Morgan fingerprint density at radius 1 is 1.07 bits per heavy atom. The van der Waals surface area contributed by atoms with E-state index in [-0.39, 0.29) is 11.9 Å². The van der Waals surface area contributed by atoms with Crippen molar-refractivity contribution in [3.63, 3.8) is 0 Å². The van der Waals surface area contributed by atoms with Gasteiger partial charge in [0.2, 0.25) is 0 Å². The van der Waals surface area contributed by atoms with Gasteiger partial charge < -0.3 is 9.64 Å². The fourth-order valence-electron chi connectivity index (χ4n) is 4.16. The highest BCUT2D eigenvalue weighted by molar-refractivity contribution is 7.18. The molecule has 30 heavy (non-hydrogen) atoms. The minimum absolute atomic E-state index is 0.0876. The van der Waals surface area contributed by atoms with Crippen molar-refractivity contribution in [3.8, 4) is 5.75 Å². The van der Waals surface area contributed by atoms with Crippen molar-refractivity contribution in [1.29, 1.82) is 0 Å². The number of ether oxygens (including phenoxy) is 1. The van der Waals surface area contributed by atoms with Gasteiger partial charge in [-0.05, 0) is 55.2 Å². The van der Waals surface area contributed by atoms with Crippen LogP contribution in [0.4, 0.5) is 5.82 Å². The molecule has 0 unspecified atom stereocenters. The molecule has 0 bridgehead atoms. The molecule has 6 heteroatoms. The van der Waals surface area contributed by atoms with E-state index in [2.05, 4.69) is 34.8 Å². The Morgan fingerprint density at radius 2 is 1.83 bits per heavy atom. The van der Waals surface area contributed by atoms with Crippen molar-refractivity contribution < 1.29 is 9.53 Å². The Labute approximate surface area is 179 Å². The van der Waals surface area contributed by atoms with Gasteiger partial charge in [-0.2, -0.15) is 0 Å².